The summed E-state index contributed by atoms with van der Waals surface area (Å²) < 4.78 is 13.4. The van der Waals surface area contributed by atoms with Crippen LogP contribution >= 0.6 is 11.6 Å². The molecule has 1 aliphatic rings. The molecule has 0 aromatic heterocycles. The Hall–Kier alpha value is -1.76. The summed E-state index contributed by atoms with van der Waals surface area (Å²) in [6.07, 6.45) is 5.70. The van der Waals surface area contributed by atoms with E-state index < -0.39 is 5.82 Å². The van der Waals surface area contributed by atoms with Gasteiger partial charge in [-0.05, 0) is 34.6 Å². The van der Waals surface area contributed by atoms with E-state index in [1.165, 1.54) is 12.1 Å². The molecular formula is C18H13ClFFeN. The Morgan fingerprint density at radius 3 is 2.36 bits per heavy atom. The first-order chi connectivity index (χ1) is 10.2. The van der Waals surface area contributed by atoms with Gasteiger partial charge in [0.1, 0.15) is 5.82 Å². The molecule has 22 heavy (non-hydrogen) atoms. The molecule has 0 fully saturated rings. The Morgan fingerprint density at radius 2 is 1.91 bits per heavy atom. The van der Waals surface area contributed by atoms with E-state index in [1.54, 1.807) is 11.9 Å². The van der Waals surface area contributed by atoms with Crippen molar-refractivity contribution in [3.8, 4) is 0 Å². The van der Waals surface area contributed by atoms with Crippen LogP contribution in [0.2, 0.25) is 0 Å². The summed E-state index contributed by atoms with van der Waals surface area (Å²) in [4.78, 5) is 0. The maximum absolute atomic E-state index is 13.4. The average Bonchev–Trinajstić information content (AvgIpc) is 3.21. The predicted octanol–water partition coefficient (Wildman–Crippen LogP) is 3.03. The second-order valence-electron chi connectivity index (χ2n) is 4.41. The molecule has 4 heteroatoms. The van der Waals surface area contributed by atoms with E-state index in [1.807, 2.05) is 48.6 Å². The Bertz CT molecular complexity index is 783. The van der Waals surface area contributed by atoms with Crippen LogP contribution < -0.4 is 10.4 Å². The van der Waals surface area contributed by atoms with Gasteiger partial charge in [-0.15, -0.1) is 11.6 Å². The van der Waals surface area contributed by atoms with Gasteiger partial charge < -0.3 is 5.41 Å². The fraction of sp³-hybridized carbons (Fsp3) is 0.0556. The molecule has 1 nitrogen and oxygen atoms in total. The summed E-state index contributed by atoms with van der Waals surface area (Å²) >= 11 is 5.69. The quantitative estimate of drug-likeness (QED) is 0.325. The number of nitrogens with zero attached hydrogens (tertiary/aromatic N) is 1. The van der Waals surface area contributed by atoms with E-state index in [0.29, 0.717) is 5.88 Å². The van der Waals surface area contributed by atoms with Crippen molar-refractivity contribution in [3.05, 3.63) is 94.0 Å². The number of alkyl halides is 1. The molecule has 0 spiro atoms. The third kappa shape index (κ3) is 4.91. The Morgan fingerprint density at radius 1 is 1.18 bits per heavy atom. The molecule has 0 saturated carbocycles. The second-order valence-corrected chi connectivity index (χ2v) is 4.68. The van der Waals surface area contributed by atoms with Crippen molar-refractivity contribution >= 4 is 23.0 Å². The smallest absolute Gasteiger partial charge is 0.763 e. The van der Waals surface area contributed by atoms with Crippen LogP contribution in [0.25, 0.3) is 11.0 Å². The number of hydrogen-bond acceptors (Lipinski definition) is 0. The zero-order chi connectivity index (χ0) is 15.1. The number of hydrogen-bond donors (Lipinski definition) is 0. The van der Waals surface area contributed by atoms with Gasteiger partial charge in [-0.2, -0.15) is 18.2 Å². The van der Waals surface area contributed by atoms with Gasteiger partial charge in [0.15, 0.2) is 0 Å². The molecule has 112 valence electrons. The maximum atomic E-state index is 13.4. The van der Waals surface area contributed by atoms with Crippen LogP contribution in [0.3, 0.4) is 0 Å². The minimum Gasteiger partial charge on any atom is -0.763 e. The first-order valence-electron chi connectivity index (χ1n) is 6.43. The predicted molar refractivity (Wildman–Crippen MR) is 86.5 cm³/mol. The van der Waals surface area contributed by atoms with Crippen molar-refractivity contribution in [2.75, 3.05) is 5.88 Å². The molecular weight excluding hydrogens is 341 g/mol. The monoisotopic (exact) mass is 353 g/mol. The number of benzene rings is 1. The molecule has 0 radical (unpaired) electrons. The minimum absolute atomic E-state index is 0. The molecule has 2 aromatic carbocycles. The van der Waals surface area contributed by atoms with Crippen LogP contribution in [0.4, 0.5) is 4.39 Å². The van der Waals surface area contributed by atoms with E-state index >= 15 is 0 Å². The van der Waals surface area contributed by atoms with Crippen molar-refractivity contribution in [2.45, 2.75) is 0 Å². The Balaban J connectivity index is 0.000000344. The molecule has 0 N–H and O–H groups in total. The molecule has 0 atom stereocenters. The normalized spacial score (nSPS) is 14.4. The molecule has 0 aliphatic heterocycles. The van der Waals surface area contributed by atoms with Crippen molar-refractivity contribution in [1.82, 2.24) is 0 Å². The SMILES string of the molecule is [Fe+2].[N-]=C=c1cc/c(=C2\C=CC(CCl)=C2)cc1F.c1cc[cH-]c1. The average molecular weight is 354 g/mol. The molecule has 0 bridgehead atoms. The largest absolute Gasteiger partial charge is 2.00 e. The summed E-state index contributed by atoms with van der Waals surface area (Å²) in [6, 6.07) is 14.6. The van der Waals surface area contributed by atoms with Crippen molar-refractivity contribution < 1.29 is 21.5 Å². The summed E-state index contributed by atoms with van der Waals surface area (Å²) in [5.74, 6) is 1.75. The van der Waals surface area contributed by atoms with Gasteiger partial charge in [0.25, 0.3) is 0 Å². The van der Waals surface area contributed by atoms with Crippen LogP contribution in [0.5, 0.6) is 0 Å². The number of allylic oxidation sites excluding steroid dienone is 4. The standard InChI is InChI=1S/C13H8ClFN.C5H5.Fe/c14-7-9-1-2-10(5-9)11-3-4-12(8-16)13(15)6-11;1-2-4-5-3-1;/h1-6H,7H2;1-5H;/q2*-1;+2/b11-10-;;. The first-order valence-corrected chi connectivity index (χ1v) is 6.96. The van der Waals surface area contributed by atoms with Crippen molar-refractivity contribution in [1.29, 1.82) is 0 Å². The number of halogens is 2. The maximum Gasteiger partial charge on any atom is 2.00 e. The topological polar surface area (TPSA) is 22.3 Å². The molecule has 0 amide bonds. The zero-order valence-electron chi connectivity index (χ0n) is 11.6. The van der Waals surface area contributed by atoms with Gasteiger partial charge >= 0.3 is 17.1 Å². The van der Waals surface area contributed by atoms with Crippen LogP contribution in [-0.4, -0.2) is 11.7 Å². The van der Waals surface area contributed by atoms with Gasteiger partial charge in [-0.3, -0.25) is 5.87 Å². The van der Waals surface area contributed by atoms with Gasteiger partial charge in [0.2, 0.25) is 0 Å². The van der Waals surface area contributed by atoms with Crippen LogP contribution in [-0.2, 0) is 17.1 Å². The van der Waals surface area contributed by atoms with Gasteiger partial charge in [0.05, 0.1) is 0 Å². The van der Waals surface area contributed by atoms with Crippen LogP contribution in [0.15, 0.2) is 72.3 Å². The third-order valence-electron chi connectivity index (χ3n) is 2.95. The van der Waals surface area contributed by atoms with Crippen LogP contribution in [0, 0.1) is 5.82 Å². The summed E-state index contributed by atoms with van der Waals surface area (Å²) in [5, 5.41) is 9.43. The number of rotatable bonds is 1. The van der Waals surface area contributed by atoms with E-state index in [-0.39, 0.29) is 22.3 Å². The van der Waals surface area contributed by atoms with E-state index in [0.717, 1.165) is 16.4 Å². The van der Waals surface area contributed by atoms with E-state index in [4.69, 9.17) is 17.0 Å². The molecule has 0 unspecified atom stereocenters. The van der Waals surface area contributed by atoms with E-state index in [2.05, 4.69) is 0 Å². The summed E-state index contributed by atoms with van der Waals surface area (Å²) in [5.41, 5.74) is 1.92. The molecule has 0 saturated heterocycles. The van der Waals surface area contributed by atoms with E-state index in [9.17, 15) is 4.39 Å². The molecule has 3 rings (SSSR count). The molecule has 2 aromatic rings. The third-order valence-corrected chi connectivity index (χ3v) is 3.26. The Labute approximate surface area is 144 Å². The summed E-state index contributed by atoms with van der Waals surface area (Å²) in [6.45, 7) is 0. The zero-order valence-corrected chi connectivity index (χ0v) is 13.5. The first kappa shape index (κ1) is 18.3. The Kier molecular flexibility index (Phi) is 7.73. The van der Waals surface area contributed by atoms with Gasteiger partial charge in [-0.25, -0.2) is 16.5 Å². The van der Waals surface area contributed by atoms with Crippen molar-refractivity contribution in [3.63, 3.8) is 0 Å². The van der Waals surface area contributed by atoms with Gasteiger partial charge in [-0.1, -0.05) is 18.2 Å². The van der Waals surface area contributed by atoms with Crippen LogP contribution in [0.1, 0.15) is 0 Å². The second kappa shape index (κ2) is 9.30. The fourth-order valence-corrected chi connectivity index (χ4v) is 2.03. The molecule has 1 aliphatic carbocycles. The molecule has 0 heterocycles. The fourth-order valence-electron chi connectivity index (χ4n) is 1.86. The minimum atomic E-state index is -0.492. The summed E-state index contributed by atoms with van der Waals surface area (Å²) in [7, 11) is 0. The van der Waals surface area contributed by atoms with Crippen molar-refractivity contribution in [2.24, 2.45) is 0 Å². The van der Waals surface area contributed by atoms with Gasteiger partial charge in [0, 0.05) is 11.1 Å².